The van der Waals surface area contributed by atoms with Crippen LogP contribution >= 0.6 is 70.4 Å². The third-order valence-corrected chi connectivity index (χ3v) is 19.8. The number of carbonyl (C=O) groups is 4. The lowest BCUT2D eigenvalue weighted by molar-refractivity contribution is -0.140. The van der Waals surface area contributed by atoms with Gasteiger partial charge in [0.25, 0.3) is 27.8 Å². The molecule has 2 atom stereocenters. The lowest BCUT2D eigenvalue weighted by atomic mass is 10.3. The maximum Gasteiger partial charge on any atom is 0.319 e. The molecule has 0 saturated carbocycles. The Hall–Kier alpha value is -12.2. The van der Waals surface area contributed by atoms with Crippen molar-refractivity contribution in [3.05, 3.63) is 233 Å². The van der Waals surface area contributed by atoms with Gasteiger partial charge in [-0.3, -0.25) is 43.2 Å². The Bertz CT molecular complexity index is 6050. The monoisotopic (exact) mass is 1570 g/mol. The molecule has 0 aliphatic carbocycles. The van der Waals surface area contributed by atoms with Gasteiger partial charge in [0.1, 0.15) is 32.2 Å². The topological polar surface area (TPSA) is 457 Å². The summed E-state index contributed by atoms with van der Waals surface area (Å²) < 4.78 is 17.3. The molecule has 2 unspecified atom stereocenters. The third-order valence-electron chi connectivity index (χ3n) is 15.0. The number of benzene rings is 5. The van der Waals surface area contributed by atoms with Crippen LogP contribution < -0.4 is 39.3 Å². The minimum Gasteiger partial charge on any atom is -0.468 e. The highest BCUT2D eigenvalue weighted by Gasteiger charge is 2.23. The molecule has 33 nitrogen and oxygen atoms in total. The lowest BCUT2D eigenvalue weighted by Gasteiger charge is -2.11. The number of thioether (sulfide) groups is 5. The van der Waals surface area contributed by atoms with Crippen molar-refractivity contribution in [1.82, 2.24) is 98.7 Å². The minimum absolute atomic E-state index is 0.0495. The van der Waals surface area contributed by atoms with Gasteiger partial charge in [-0.2, -0.15) is 25.5 Å². The fourth-order valence-electron chi connectivity index (χ4n) is 9.78. The summed E-state index contributed by atoms with van der Waals surface area (Å²) in [6.45, 7) is 3.52. The van der Waals surface area contributed by atoms with Gasteiger partial charge in [-0.15, -0.1) is 0 Å². The number of H-pyrrole nitrogens is 5. The van der Waals surface area contributed by atoms with Crippen LogP contribution in [-0.2, 0) is 28.7 Å². The SMILES string of the molecule is CC(Sc1nc2c(cnn2-c2ccccc2)c(=O)[nH]1)C(N)=O.CCC(Sc1nc2c(cnn2-c2cccc(Cl)c2)c(=O)[nH]1)C(=O)OC.COC(=O)CSc1nc2c(cnn2-c2ccccc2)c(=O)[nH]1.CSc1nc2c(cnn2-c2ccccc2)c(=O)[nH]1.NC(=O)CSc1nc2c(cnn2-c2ccccc2)c(=O)[nH]1. The molecule has 0 fully saturated rings. The molecule has 0 bridgehead atoms. The summed E-state index contributed by atoms with van der Waals surface area (Å²) in [5.41, 5.74) is 15.3. The largest absolute Gasteiger partial charge is 0.468 e. The number of methoxy groups -OCH3 is 2. The molecule has 39 heteroatoms. The van der Waals surface area contributed by atoms with Crippen LogP contribution in [0.3, 0.4) is 0 Å². The van der Waals surface area contributed by atoms with Crippen molar-refractivity contribution in [2.75, 3.05) is 32.0 Å². The van der Waals surface area contributed by atoms with E-state index in [1.807, 2.05) is 141 Å². The Balaban J connectivity index is 0.000000135. The number of carbonyl (C=O) groups excluding carboxylic acids is 4. The number of para-hydroxylation sites is 4. The van der Waals surface area contributed by atoms with E-state index in [4.69, 9.17) is 27.8 Å². The van der Waals surface area contributed by atoms with Gasteiger partial charge >= 0.3 is 11.9 Å². The predicted molar refractivity (Wildman–Crippen MR) is 413 cm³/mol. The van der Waals surface area contributed by atoms with Crippen molar-refractivity contribution in [2.45, 2.75) is 56.6 Å². The zero-order chi connectivity index (χ0) is 76.5. The van der Waals surface area contributed by atoms with Gasteiger partial charge in [0, 0.05) is 5.02 Å². The van der Waals surface area contributed by atoms with E-state index in [0.29, 0.717) is 98.1 Å². The van der Waals surface area contributed by atoms with Crippen LogP contribution in [0.25, 0.3) is 83.6 Å². The Morgan fingerprint density at radius 3 is 1.10 bits per heavy atom. The number of nitrogens with two attached hydrogens (primary N) is 2. The zero-order valence-corrected chi connectivity index (χ0v) is 62.1. The highest BCUT2D eigenvalue weighted by molar-refractivity contribution is 8.01. The van der Waals surface area contributed by atoms with E-state index in [1.165, 1.54) is 57.0 Å². The molecular weight excluding hydrogens is 1510 g/mol. The molecule has 0 saturated heterocycles. The number of nitrogens with one attached hydrogen (secondary N) is 5. The van der Waals surface area contributed by atoms with Crippen molar-refractivity contribution in [3.63, 3.8) is 0 Å². The standard InChI is InChI=1S/C16H15ClN4O3S.C14H13N5O2S.C14H12N4O3S.C13H11N5O2S.C12H10N4OS/c1-3-12(15(23)24-2)25-16-19-13-11(14(22)20-16)8-18-21(13)10-6-4-5-9(17)7-10;1-8(11(15)20)22-14-17-12-10(13(21)18-14)7-16-19(12)9-5-3-2-4-6-9;1-21-11(19)8-22-14-16-12-10(13(20)17-14)7-15-18(12)9-5-3-2-4-6-9;14-10(19)7-21-13-16-11-9(12(20)17-13)6-15-18(11)8-4-2-1-3-5-8;1-18-12-14-10-9(11(17)15-12)7-13-16(10)8-5-3-2-4-6-8/h4-8,12H,3H2,1-2H3,(H,19,20,22);2-8H,1H3,(H2,15,20)(H,17,18,21);2-7H,8H2,1H3,(H,16,17,20);1-6H,7H2,(H2,14,19)(H,16,17,20);2-7H,1H3,(H,14,15,17). The summed E-state index contributed by atoms with van der Waals surface area (Å²) in [6, 6.07) is 44.9. The highest BCUT2D eigenvalue weighted by atomic mass is 35.5. The van der Waals surface area contributed by atoms with Gasteiger partial charge < -0.3 is 45.9 Å². The van der Waals surface area contributed by atoms with Gasteiger partial charge in [0.15, 0.2) is 54.0 Å². The summed E-state index contributed by atoms with van der Waals surface area (Å²) in [5.74, 6) is -1.57. The van der Waals surface area contributed by atoms with E-state index in [0.717, 1.165) is 69.8 Å². The number of hydrogen-bond acceptors (Lipinski definition) is 26. The number of hydrogen-bond donors (Lipinski definition) is 7. The van der Waals surface area contributed by atoms with E-state index in [2.05, 4.69) is 80.1 Å². The maximum absolute atomic E-state index is 12.3. The van der Waals surface area contributed by atoms with Crippen LogP contribution in [-0.4, -0.2) is 165 Å². The second kappa shape index (κ2) is 35.7. The number of esters is 2. The van der Waals surface area contributed by atoms with Gasteiger partial charge in [-0.1, -0.05) is 156 Å². The van der Waals surface area contributed by atoms with Gasteiger partial charge in [0.05, 0.1) is 90.4 Å². The molecule has 10 heterocycles. The molecule has 9 N–H and O–H groups in total. The first-order valence-electron chi connectivity index (χ1n) is 32.0. The van der Waals surface area contributed by atoms with E-state index >= 15 is 0 Å². The third kappa shape index (κ3) is 18.5. The van der Waals surface area contributed by atoms with E-state index in [9.17, 15) is 43.2 Å². The average Bonchev–Trinajstić information content (AvgIpc) is 1.66. The van der Waals surface area contributed by atoms with E-state index in [1.54, 1.807) is 48.5 Å². The van der Waals surface area contributed by atoms with E-state index in [-0.39, 0.29) is 51.2 Å². The van der Waals surface area contributed by atoms with Crippen LogP contribution in [0.5, 0.6) is 0 Å². The van der Waals surface area contributed by atoms with E-state index < -0.39 is 22.3 Å². The average molecular weight is 1570 g/mol. The number of ether oxygens (including phenoxy) is 2. The number of primary amides is 2. The summed E-state index contributed by atoms with van der Waals surface area (Å²) in [6.07, 6.45) is 9.83. The van der Waals surface area contributed by atoms with Crippen LogP contribution in [0, 0.1) is 0 Å². The summed E-state index contributed by atoms with van der Waals surface area (Å²) >= 11 is 11.9. The minimum atomic E-state index is -0.492. The van der Waals surface area contributed by atoms with Crippen LogP contribution in [0.4, 0.5) is 0 Å². The summed E-state index contributed by atoms with van der Waals surface area (Å²) in [7, 11) is 2.64. The molecule has 15 rings (SSSR count). The fourth-order valence-corrected chi connectivity index (χ4v) is 13.3. The lowest BCUT2D eigenvalue weighted by Crippen LogP contribution is -2.23. The second-order valence-electron chi connectivity index (χ2n) is 22.2. The number of halogens is 1. The van der Waals surface area contributed by atoms with Gasteiger partial charge in [0.2, 0.25) is 11.8 Å². The molecule has 108 heavy (non-hydrogen) atoms. The van der Waals surface area contributed by atoms with Crippen LogP contribution in [0.15, 0.2) is 226 Å². The van der Waals surface area contributed by atoms with Crippen molar-refractivity contribution in [3.8, 4) is 28.4 Å². The molecule has 0 spiro atoms. The number of aromatic amines is 5. The molecule has 0 radical (unpaired) electrons. The van der Waals surface area contributed by atoms with Crippen LogP contribution in [0.2, 0.25) is 5.02 Å². The second-order valence-corrected chi connectivity index (χ2v) is 27.9. The van der Waals surface area contributed by atoms with Gasteiger partial charge in [-0.05, 0) is 86.3 Å². The Kier molecular flexibility index (Phi) is 25.4. The maximum atomic E-state index is 12.3. The summed E-state index contributed by atoms with van der Waals surface area (Å²) in [4.78, 5) is 141. The smallest absolute Gasteiger partial charge is 0.319 e. The number of fused-ring (bicyclic) bond motifs is 5. The molecule has 2 amide bonds. The molecule has 0 aliphatic rings. The Morgan fingerprint density at radius 1 is 0.444 bits per heavy atom. The van der Waals surface area contributed by atoms with Crippen molar-refractivity contribution < 1.29 is 28.7 Å². The first kappa shape index (κ1) is 76.9. The Morgan fingerprint density at radius 2 is 0.769 bits per heavy atom. The number of rotatable bonds is 19. The van der Waals surface area contributed by atoms with Crippen molar-refractivity contribution in [1.29, 1.82) is 0 Å². The molecule has 15 aromatic rings. The molecule has 550 valence electrons. The normalized spacial score (nSPS) is 11.5. The molecular formula is C69H61ClN22O11S5. The fraction of sp³-hybridized carbons (Fsp3) is 0.145. The summed E-state index contributed by atoms with van der Waals surface area (Å²) in [5, 5.41) is 24.7. The number of aromatic nitrogens is 20. The quantitative estimate of drug-likeness (QED) is 0.0231. The van der Waals surface area contributed by atoms with Crippen molar-refractivity contribution >= 4 is 149 Å². The van der Waals surface area contributed by atoms with Crippen molar-refractivity contribution in [2.24, 2.45) is 11.5 Å². The molecule has 0 aliphatic heterocycles. The number of nitrogens with zero attached hydrogens (tertiary/aromatic N) is 15. The predicted octanol–water partition coefficient (Wildman–Crippen LogP) is 7.77. The zero-order valence-electron chi connectivity index (χ0n) is 57.3. The molecule has 5 aromatic carbocycles. The number of amides is 2. The van der Waals surface area contributed by atoms with Gasteiger partial charge in [-0.25, -0.2) is 48.3 Å². The van der Waals surface area contributed by atoms with Crippen LogP contribution in [0.1, 0.15) is 20.3 Å². The first-order valence-corrected chi connectivity index (χ1v) is 37.3. The molecule has 10 aromatic heterocycles. The Labute approximate surface area is 634 Å². The highest BCUT2D eigenvalue weighted by Crippen LogP contribution is 2.27. The first-order chi connectivity index (χ1) is 52.2.